The van der Waals surface area contributed by atoms with Gasteiger partial charge in [0.1, 0.15) is 0 Å². The summed E-state index contributed by atoms with van der Waals surface area (Å²) in [5.41, 5.74) is 3.25. The van der Waals surface area contributed by atoms with Gasteiger partial charge >= 0.3 is 0 Å². The van der Waals surface area contributed by atoms with Crippen LogP contribution in [0.1, 0.15) is 65.4 Å². The minimum atomic E-state index is -0.779. The first-order chi connectivity index (χ1) is 19.9. The molecule has 2 N–H and O–H groups in total. The Morgan fingerprint density at radius 2 is 1.12 bits per heavy atom. The second-order valence-electron chi connectivity index (χ2n) is 10.4. The van der Waals surface area contributed by atoms with Crippen molar-refractivity contribution in [2.24, 2.45) is 0 Å². The van der Waals surface area contributed by atoms with Crippen LogP contribution in [0.5, 0.6) is 0 Å². The number of amides is 4. The standard InChI is InChI=1S/C33H28N2O6/c36-17-5-4-6-20-9-11-22(12-10-20)34-30(38)24-13-15-26-29-27(16-14-25(28(24)29)31(34)39)33(41)35(32(26)40)23(19-37)18-21-7-2-1-3-8-21/h1-3,7-16,23,36-37H,4-6,17-19H2. The summed E-state index contributed by atoms with van der Waals surface area (Å²) < 4.78 is 0. The van der Waals surface area contributed by atoms with Gasteiger partial charge in [0.05, 0.1) is 18.3 Å². The molecule has 0 fully saturated rings. The third-order valence-electron chi connectivity index (χ3n) is 7.88. The summed E-state index contributed by atoms with van der Waals surface area (Å²) in [6.07, 6.45) is 2.59. The maximum Gasteiger partial charge on any atom is 0.265 e. The van der Waals surface area contributed by atoms with E-state index in [4.69, 9.17) is 5.11 Å². The molecule has 1 unspecified atom stereocenters. The fourth-order valence-corrected chi connectivity index (χ4v) is 5.84. The molecule has 0 aromatic heterocycles. The van der Waals surface area contributed by atoms with E-state index in [0.29, 0.717) is 22.9 Å². The van der Waals surface area contributed by atoms with Gasteiger partial charge < -0.3 is 10.2 Å². The first kappa shape index (κ1) is 26.6. The van der Waals surface area contributed by atoms with Crippen molar-refractivity contribution in [1.29, 1.82) is 0 Å². The molecule has 2 aliphatic rings. The summed E-state index contributed by atoms with van der Waals surface area (Å²) in [6.45, 7) is -0.276. The van der Waals surface area contributed by atoms with Crippen molar-refractivity contribution in [3.8, 4) is 0 Å². The van der Waals surface area contributed by atoms with Gasteiger partial charge in [0.2, 0.25) is 0 Å². The normalized spacial score (nSPS) is 15.2. The number of aliphatic hydroxyl groups is 2. The number of rotatable bonds is 9. The minimum Gasteiger partial charge on any atom is -0.396 e. The van der Waals surface area contributed by atoms with Gasteiger partial charge in [-0.15, -0.1) is 0 Å². The van der Waals surface area contributed by atoms with Gasteiger partial charge in [0, 0.05) is 39.6 Å². The SMILES string of the molecule is O=C1c2ccc3c4c(ccc(c24)C(=O)N1c1ccc(CCCCO)cc1)C(=O)N(C(CO)Cc1ccccc1)C3=O. The zero-order chi connectivity index (χ0) is 28.7. The predicted octanol–water partition coefficient (Wildman–Crippen LogP) is 4.16. The Bertz CT molecular complexity index is 1630. The summed E-state index contributed by atoms with van der Waals surface area (Å²) in [7, 11) is 0. The fraction of sp³-hybridized carbons (Fsp3) is 0.212. The molecule has 0 saturated heterocycles. The lowest BCUT2D eigenvalue weighted by molar-refractivity contribution is 0.0470. The van der Waals surface area contributed by atoms with E-state index in [0.717, 1.165) is 33.8 Å². The fourth-order valence-electron chi connectivity index (χ4n) is 5.84. The Morgan fingerprint density at radius 3 is 1.63 bits per heavy atom. The molecule has 8 heteroatoms. The third kappa shape index (κ3) is 4.41. The molecule has 6 rings (SSSR count). The number of aliphatic hydroxyl groups excluding tert-OH is 2. The van der Waals surface area contributed by atoms with E-state index in [1.54, 1.807) is 12.1 Å². The number of carbonyl (C=O) groups excluding carboxylic acids is 4. The van der Waals surface area contributed by atoms with E-state index >= 15 is 0 Å². The van der Waals surface area contributed by atoms with Crippen LogP contribution in [-0.2, 0) is 12.8 Å². The van der Waals surface area contributed by atoms with Crippen molar-refractivity contribution in [1.82, 2.24) is 4.90 Å². The zero-order valence-electron chi connectivity index (χ0n) is 22.2. The maximum atomic E-state index is 13.7. The number of benzene rings is 4. The van der Waals surface area contributed by atoms with E-state index in [9.17, 15) is 24.3 Å². The summed E-state index contributed by atoms with van der Waals surface area (Å²) in [6, 6.07) is 21.8. The quantitative estimate of drug-likeness (QED) is 0.240. The number of hydrogen-bond donors (Lipinski definition) is 2. The molecule has 0 aliphatic carbocycles. The molecular weight excluding hydrogens is 520 g/mol. The number of unbranched alkanes of at least 4 members (excludes halogenated alkanes) is 1. The van der Waals surface area contributed by atoms with Gasteiger partial charge in [-0.05, 0) is 73.2 Å². The highest BCUT2D eigenvalue weighted by atomic mass is 16.3. The van der Waals surface area contributed by atoms with Crippen molar-refractivity contribution in [2.45, 2.75) is 31.7 Å². The van der Waals surface area contributed by atoms with Gasteiger partial charge in [-0.2, -0.15) is 0 Å². The first-order valence-corrected chi connectivity index (χ1v) is 13.7. The zero-order valence-corrected chi connectivity index (χ0v) is 22.2. The van der Waals surface area contributed by atoms with Crippen molar-refractivity contribution in [3.05, 3.63) is 112 Å². The molecule has 0 saturated carbocycles. The van der Waals surface area contributed by atoms with E-state index < -0.39 is 36.3 Å². The Balaban J connectivity index is 1.37. The van der Waals surface area contributed by atoms with Crippen LogP contribution < -0.4 is 4.90 Å². The molecule has 2 heterocycles. The highest BCUT2D eigenvalue weighted by Gasteiger charge is 2.42. The Hall–Kier alpha value is -4.66. The number of imide groups is 2. The highest BCUT2D eigenvalue weighted by molar-refractivity contribution is 6.39. The van der Waals surface area contributed by atoms with E-state index in [2.05, 4.69) is 0 Å². The molecule has 206 valence electrons. The van der Waals surface area contributed by atoms with E-state index in [1.807, 2.05) is 42.5 Å². The van der Waals surface area contributed by atoms with Gasteiger partial charge in [0.15, 0.2) is 0 Å². The van der Waals surface area contributed by atoms with E-state index in [-0.39, 0.29) is 35.3 Å². The van der Waals surface area contributed by atoms with Crippen molar-refractivity contribution >= 4 is 40.1 Å². The molecule has 8 nitrogen and oxygen atoms in total. The van der Waals surface area contributed by atoms with Gasteiger partial charge in [-0.1, -0.05) is 42.5 Å². The summed E-state index contributed by atoms with van der Waals surface area (Å²) in [4.78, 5) is 57.0. The van der Waals surface area contributed by atoms with Gasteiger partial charge in [0.25, 0.3) is 23.6 Å². The summed E-state index contributed by atoms with van der Waals surface area (Å²) in [5, 5.41) is 19.8. The second kappa shape index (κ2) is 10.7. The number of anilines is 1. The van der Waals surface area contributed by atoms with Crippen LogP contribution in [0, 0.1) is 0 Å². The van der Waals surface area contributed by atoms with Crippen LogP contribution >= 0.6 is 0 Å². The predicted molar refractivity (Wildman–Crippen MR) is 153 cm³/mol. The number of aryl methyl sites for hydroxylation is 1. The smallest absolute Gasteiger partial charge is 0.265 e. The Morgan fingerprint density at radius 1 is 0.585 bits per heavy atom. The van der Waals surface area contributed by atoms with Crippen LogP contribution in [0.2, 0.25) is 0 Å². The van der Waals surface area contributed by atoms with Crippen molar-refractivity contribution in [2.75, 3.05) is 18.1 Å². The molecule has 4 aromatic rings. The van der Waals surface area contributed by atoms with Crippen LogP contribution in [0.15, 0.2) is 78.9 Å². The van der Waals surface area contributed by atoms with Gasteiger partial charge in [-0.25, -0.2) is 4.90 Å². The second-order valence-corrected chi connectivity index (χ2v) is 10.4. The molecule has 4 amide bonds. The molecule has 4 aromatic carbocycles. The molecule has 1 atom stereocenters. The average Bonchev–Trinajstić information content (AvgIpc) is 2.99. The Kier molecular flexibility index (Phi) is 6.95. The van der Waals surface area contributed by atoms with E-state index in [1.165, 1.54) is 24.3 Å². The van der Waals surface area contributed by atoms with Crippen molar-refractivity contribution < 1.29 is 29.4 Å². The molecule has 0 radical (unpaired) electrons. The van der Waals surface area contributed by atoms with Gasteiger partial charge in [-0.3, -0.25) is 24.1 Å². The molecule has 0 spiro atoms. The Labute approximate surface area is 236 Å². The summed E-state index contributed by atoms with van der Waals surface area (Å²) in [5.74, 6) is -2.20. The van der Waals surface area contributed by atoms with Crippen molar-refractivity contribution in [3.63, 3.8) is 0 Å². The summed E-state index contributed by atoms with van der Waals surface area (Å²) >= 11 is 0. The first-order valence-electron chi connectivity index (χ1n) is 13.7. The number of hydrogen-bond acceptors (Lipinski definition) is 6. The van der Waals surface area contributed by atoms with Crippen LogP contribution in [0.4, 0.5) is 5.69 Å². The van der Waals surface area contributed by atoms with Crippen LogP contribution in [0.25, 0.3) is 10.8 Å². The number of carbonyl (C=O) groups is 4. The topological polar surface area (TPSA) is 115 Å². The van der Waals surface area contributed by atoms with Crippen LogP contribution in [-0.4, -0.2) is 58.0 Å². The largest absolute Gasteiger partial charge is 0.396 e. The minimum absolute atomic E-state index is 0.133. The molecule has 0 bridgehead atoms. The lowest BCUT2D eigenvalue weighted by atomic mass is 9.85. The monoisotopic (exact) mass is 548 g/mol. The van der Waals surface area contributed by atoms with Crippen LogP contribution in [0.3, 0.4) is 0 Å². The molecule has 2 aliphatic heterocycles. The molecular formula is C33H28N2O6. The number of nitrogens with zero attached hydrogens (tertiary/aromatic N) is 2. The third-order valence-corrected chi connectivity index (χ3v) is 7.88. The molecule has 41 heavy (non-hydrogen) atoms. The lowest BCUT2D eigenvalue weighted by Crippen LogP contribution is -2.50. The maximum absolute atomic E-state index is 13.7. The average molecular weight is 549 g/mol. The lowest BCUT2D eigenvalue weighted by Gasteiger charge is -2.35. The highest BCUT2D eigenvalue weighted by Crippen LogP contribution is 2.39.